The molecule has 0 aliphatic carbocycles. The lowest BCUT2D eigenvalue weighted by Crippen LogP contribution is -2.05. The highest BCUT2D eigenvalue weighted by atomic mass is 35.5. The van der Waals surface area contributed by atoms with Gasteiger partial charge in [-0.05, 0) is 18.1 Å². The molecule has 0 saturated heterocycles. The molecule has 0 bridgehead atoms. The molecule has 0 amide bonds. The van der Waals surface area contributed by atoms with Crippen LogP contribution in [0.5, 0.6) is 0 Å². The monoisotopic (exact) mass is 279 g/mol. The molecule has 0 aliphatic rings. The SMILES string of the molecule is CCCc1nccn1Cc1ccc([N+](=O)[O-])cc1Cl. The van der Waals surface area contributed by atoms with E-state index < -0.39 is 4.92 Å². The molecule has 1 aromatic carbocycles. The van der Waals surface area contributed by atoms with Crippen molar-refractivity contribution in [3.8, 4) is 0 Å². The number of non-ortho nitro benzene ring substituents is 1. The minimum Gasteiger partial charge on any atom is -0.330 e. The number of aryl methyl sites for hydroxylation is 1. The molecule has 0 atom stereocenters. The van der Waals surface area contributed by atoms with Crippen molar-refractivity contribution in [2.75, 3.05) is 0 Å². The van der Waals surface area contributed by atoms with Gasteiger partial charge >= 0.3 is 0 Å². The summed E-state index contributed by atoms with van der Waals surface area (Å²) < 4.78 is 2.01. The highest BCUT2D eigenvalue weighted by Gasteiger charge is 2.10. The van der Waals surface area contributed by atoms with E-state index in [1.807, 2.05) is 10.8 Å². The Hall–Kier alpha value is -1.88. The van der Waals surface area contributed by atoms with Crippen molar-refractivity contribution in [1.82, 2.24) is 9.55 Å². The predicted octanol–water partition coefficient (Wildman–Crippen LogP) is 3.45. The van der Waals surface area contributed by atoms with Gasteiger partial charge in [-0.2, -0.15) is 0 Å². The average molecular weight is 280 g/mol. The first-order valence-electron chi connectivity index (χ1n) is 6.04. The first-order chi connectivity index (χ1) is 9.11. The number of aromatic nitrogens is 2. The lowest BCUT2D eigenvalue weighted by molar-refractivity contribution is -0.384. The topological polar surface area (TPSA) is 61.0 Å². The number of imidazole rings is 1. The fourth-order valence-electron chi connectivity index (χ4n) is 1.90. The van der Waals surface area contributed by atoms with Crippen molar-refractivity contribution in [1.29, 1.82) is 0 Å². The Morgan fingerprint density at radius 1 is 1.47 bits per heavy atom. The number of hydrogen-bond acceptors (Lipinski definition) is 3. The summed E-state index contributed by atoms with van der Waals surface area (Å²) in [4.78, 5) is 14.5. The van der Waals surface area contributed by atoms with Crippen LogP contribution in [0.3, 0.4) is 0 Å². The summed E-state index contributed by atoms with van der Waals surface area (Å²) in [6.07, 6.45) is 5.57. The molecule has 0 fully saturated rings. The molecule has 0 unspecified atom stereocenters. The number of benzene rings is 1. The second kappa shape index (κ2) is 5.84. The molecule has 0 N–H and O–H groups in total. The van der Waals surface area contributed by atoms with Crippen LogP contribution in [0.1, 0.15) is 24.7 Å². The second-order valence-electron chi connectivity index (χ2n) is 4.25. The lowest BCUT2D eigenvalue weighted by atomic mass is 10.2. The summed E-state index contributed by atoms with van der Waals surface area (Å²) in [5.74, 6) is 0.997. The minimum atomic E-state index is -0.449. The molecule has 19 heavy (non-hydrogen) atoms. The van der Waals surface area contributed by atoms with E-state index in [4.69, 9.17) is 11.6 Å². The van der Waals surface area contributed by atoms with E-state index >= 15 is 0 Å². The summed E-state index contributed by atoms with van der Waals surface area (Å²) in [5, 5.41) is 11.1. The standard InChI is InChI=1S/C13H14ClN3O2/c1-2-3-13-15-6-7-16(13)9-10-4-5-11(17(18)19)8-12(10)14/h4-8H,2-3,9H2,1H3. The maximum absolute atomic E-state index is 10.7. The zero-order valence-electron chi connectivity index (χ0n) is 10.5. The molecule has 0 radical (unpaired) electrons. The molecule has 1 heterocycles. The zero-order valence-corrected chi connectivity index (χ0v) is 11.3. The summed E-state index contributed by atoms with van der Waals surface area (Å²) in [6.45, 7) is 2.67. The Balaban J connectivity index is 2.23. The van der Waals surface area contributed by atoms with Gasteiger partial charge in [0, 0.05) is 30.9 Å². The summed E-state index contributed by atoms with van der Waals surface area (Å²) in [6, 6.07) is 4.54. The van der Waals surface area contributed by atoms with Crippen molar-refractivity contribution >= 4 is 17.3 Å². The van der Waals surface area contributed by atoms with Gasteiger partial charge in [-0.15, -0.1) is 0 Å². The first kappa shape index (κ1) is 13.5. The summed E-state index contributed by atoms with van der Waals surface area (Å²) in [7, 11) is 0. The van der Waals surface area contributed by atoms with Crippen molar-refractivity contribution in [3.63, 3.8) is 0 Å². The summed E-state index contributed by atoms with van der Waals surface area (Å²) in [5.41, 5.74) is 0.857. The van der Waals surface area contributed by atoms with Crippen molar-refractivity contribution in [2.24, 2.45) is 0 Å². The lowest BCUT2D eigenvalue weighted by Gasteiger charge is -2.08. The normalized spacial score (nSPS) is 10.6. The van der Waals surface area contributed by atoms with E-state index in [-0.39, 0.29) is 5.69 Å². The summed E-state index contributed by atoms with van der Waals surface area (Å²) >= 11 is 6.08. The van der Waals surface area contributed by atoms with Crippen LogP contribution in [-0.4, -0.2) is 14.5 Å². The van der Waals surface area contributed by atoms with Gasteiger partial charge in [-0.1, -0.05) is 18.5 Å². The molecule has 2 rings (SSSR count). The van der Waals surface area contributed by atoms with Gasteiger partial charge < -0.3 is 4.57 Å². The molecule has 100 valence electrons. The fourth-order valence-corrected chi connectivity index (χ4v) is 2.13. The van der Waals surface area contributed by atoms with Crippen LogP contribution < -0.4 is 0 Å². The molecule has 2 aromatic rings. The molecular weight excluding hydrogens is 266 g/mol. The molecular formula is C13H14ClN3O2. The van der Waals surface area contributed by atoms with Crippen molar-refractivity contribution in [3.05, 3.63) is 57.1 Å². The number of nitro groups is 1. The highest BCUT2D eigenvalue weighted by molar-refractivity contribution is 6.31. The van der Waals surface area contributed by atoms with E-state index in [9.17, 15) is 10.1 Å². The maximum Gasteiger partial charge on any atom is 0.270 e. The van der Waals surface area contributed by atoms with Crippen LogP contribution in [0, 0.1) is 10.1 Å². The van der Waals surface area contributed by atoms with E-state index in [2.05, 4.69) is 11.9 Å². The van der Waals surface area contributed by atoms with Crippen molar-refractivity contribution < 1.29 is 4.92 Å². The fraction of sp³-hybridized carbons (Fsp3) is 0.308. The van der Waals surface area contributed by atoms with Gasteiger partial charge in [-0.25, -0.2) is 4.98 Å². The van der Waals surface area contributed by atoms with Crippen LogP contribution in [-0.2, 0) is 13.0 Å². The number of halogens is 1. The molecule has 0 saturated carbocycles. The molecule has 0 aliphatic heterocycles. The largest absolute Gasteiger partial charge is 0.330 e. The Labute approximate surface area is 116 Å². The molecule has 5 nitrogen and oxygen atoms in total. The Morgan fingerprint density at radius 2 is 2.26 bits per heavy atom. The molecule has 1 aromatic heterocycles. The van der Waals surface area contributed by atoms with Crippen LogP contribution >= 0.6 is 11.6 Å². The number of nitro benzene ring substituents is 1. The van der Waals surface area contributed by atoms with Crippen LogP contribution in [0.2, 0.25) is 5.02 Å². The van der Waals surface area contributed by atoms with Gasteiger partial charge in [-0.3, -0.25) is 10.1 Å². The minimum absolute atomic E-state index is 0.00756. The van der Waals surface area contributed by atoms with Gasteiger partial charge in [0.15, 0.2) is 0 Å². The number of hydrogen-bond donors (Lipinski definition) is 0. The smallest absolute Gasteiger partial charge is 0.270 e. The molecule has 0 spiro atoms. The third-order valence-electron chi connectivity index (χ3n) is 2.86. The predicted molar refractivity (Wildman–Crippen MR) is 73.4 cm³/mol. The van der Waals surface area contributed by atoms with Gasteiger partial charge in [0.05, 0.1) is 16.5 Å². The quantitative estimate of drug-likeness (QED) is 0.622. The third kappa shape index (κ3) is 3.12. The van der Waals surface area contributed by atoms with E-state index in [1.54, 1.807) is 12.3 Å². The van der Waals surface area contributed by atoms with E-state index in [1.165, 1.54) is 12.1 Å². The Bertz CT molecular complexity index is 595. The van der Waals surface area contributed by atoms with E-state index in [0.717, 1.165) is 24.2 Å². The number of nitrogens with zero attached hydrogens (tertiary/aromatic N) is 3. The van der Waals surface area contributed by atoms with Crippen LogP contribution in [0.25, 0.3) is 0 Å². The molecule has 6 heteroatoms. The van der Waals surface area contributed by atoms with Gasteiger partial charge in [0.1, 0.15) is 5.82 Å². The van der Waals surface area contributed by atoms with Gasteiger partial charge in [0.25, 0.3) is 5.69 Å². The third-order valence-corrected chi connectivity index (χ3v) is 3.22. The second-order valence-corrected chi connectivity index (χ2v) is 4.66. The van der Waals surface area contributed by atoms with E-state index in [0.29, 0.717) is 11.6 Å². The Kier molecular flexibility index (Phi) is 4.16. The van der Waals surface area contributed by atoms with Crippen LogP contribution in [0.4, 0.5) is 5.69 Å². The van der Waals surface area contributed by atoms with Crippen molar-refractivity contribution in [2.45, 2.75) is 26.3 Å². The average Bonchev–Trinajstić information content (AvgIpc) is 2.79. The van der Waals surface area contributed by atoms with Crippen LogP contribution in [0.15, 0.2) is 30.6 Å². The van der Waals surface area contributed by atoms with Gasteiger partial charge in [0.2, 0.25) is 0 Å². The maximum atomic E-state index is 10.7. The first-order valence-corrected chi connectivity index (χ1v) is 6.42. The zero-order chi connectivity index (χ0) is 13.8. The highest BCUT2D eigenvalue weighted by Crippen LogP contribution is 2.23. The number of rotatable bonds is 5. The Morgan fingerprint density at radius 3 is 2.89 bits per heavy atom.